The van der Waals surface area contributed by atoms with Gasteiger partial charge in [0.25, 0.3) is 0 Å². The fourth-order valence-electron chi connectivity index (χ4n) is 2.00. The van der Waals surface area contributed by atoms with Gasteiger partial charge in [0.15, 0.2) is 0 Å². The number of sulfonamides is 1. The van der Waals surface area contributed by atoms with E-state index in [2.05, 4.69) is 0 Å². The molecule has 18 heavy (non-hydrogen) atoms. The molecule has 1 aromatic rings. The summed E-state index contributed by atoms with van der Waals surface area (Å²) in [6.45, 7) is 2.31. The van der Waals surface area contributed by atoms with Crippen LogP contribution in [0.25, 0.3) is 0 Å². The Labute approximate surface area is 107 Å². The van der Waals surface area contributed by atoms with Crippen molar-refractivity contribution in [2.75, 3.05) is 13.1 Å². The zero-order chi connectivity index (χ0) is 13.4. The molecule has 1 heterocycles. The molecule has 1 aromatic carbocycles. The Morgan fingerprint density at radius 3 is 2.44 bits per heavy atom. The molecular formula is C12H17NO4S. The van der Waals surface area contributed by atoms with Crippen molar-refractivity contribution in [1.82, 2.24) is 4.31 Å². The summed E-state index contributed by atoms with van der Waals surface area (Å²) >= 11 is 0. The molecule has 0 atom stereocenters. The summed E-state index contributed by atoms with van der Waals surface area (Å²) in [6.07, 6.45) is 0.843. The van der Waals surface area contributed by atoms with Gasteiger partial charge >= 0.3 is 0 Å². The van der Waals surface area contributed by atoms with Gasteiger partial charge in [-0.25, -0.2) is 8.42 Å². The summed E-state index contributed by atoms with van der Waals surface area (Å²) in [5.41, 5.74) is -0.787. The second kappa shape index (κ2) is 4.53. The van der Waals surface area contributed by atoms with Gasteiger partial charge in [-0.05, 0) is 38.0 Å². The Morgan fingerprint density at radius 2 is 1.89 bits per heavy atom. The third kappa shape index (κ3) is 2.66. The average molecular weight is 271 g/mol. The van der Waals surface area contributed by atoms with Crippen LogP contribution in [0.15, 0.2) is 29.2 Å². The number of hydrogen-bond acceptors (Lipinski definition) is 4. The lowest BCUT2D eigenvalue weighted by Gasteiger charge is -2.34. The summed E-state index contributed by atoms with van der Waals surface area (Å²) < 4.78 is 25.9. The van der Waals surface area contributed by atoms with E-state index in [4.69, 9.17) is 0 Å². The number of nitrogens with zero attached hydrogens (tertiary/aromatic N) is 1. The molecule has 0 bridgehead atoms. The van der Waals surface area contributed by atoms with E-state index in [0.29, 0.717) is 25.9 Å². The first-order valence-electron chi connectivity index (χ1n) is 5.83. The molecule has 0 amide bonds. The fourth-order valence-corrected chi connectivity index (χ4v) is 3.48. The summed E-state index contributed by atoms with van der Waals surface area (Å²) in [5, 5.41) is 19.1. The smallest absolute Gasteiger partial charge is 0.243 e. The van der Waals surface area contributed by atoms with Crippen molar-refractivity contribution in [3.63, 3.8) is 0 Å². The standard InChI is InChI=1S/C12H17NO4S/c1-12(15)5-7-13(8-6-12)18(16,17)11-4-2-3-10(14)9-11/h2-4,9,14-15H,5-8H2,1H3. The van der Waals surface area contributed by atoms with E-state index in [1.54, 1.807) is 6.92 Å². The Hall–Kier alpha value is -1.11. The van der Waals surface area contributed by atoms with Crippen LogP contribution < -0.4 is 0 Å². The molecule has 100 valence electrons. The van der Waals surface area contributed by atoms with Gasteiger partial charge in [-0.15, -0.1) is 0 Å². The van der Waals surface area contributed by atoms with E-state index in [0.717, 1.165) is 0 Å². The number of phenols is 1. The average Bonchev–Trinajstić information content (AvgIpc) is 2.28. The molecule has 0 saturated carbocycles. The predicted molar refractivity (Wildman–Crippen MR) is 66.7 cm³/mol. The van der Waals surface area contributed by atoms with Gasteiger partial charge < -0.3 is 10.2 Å². The first-order chi connectivity index (χ1) is 8.31. The van der Waals surface area contributed by atoms with Crippen molar-refractivity contribution >= 4 is 10.0 Å². The lowest BCUT2D eigenvalue weighted by molar-refractivity contribution is 0.0126. The van der Waals surface area contributed by atoms with Crippen LogP contribution in [0.4, 0.5) is 0 Å². The molecular weight excluding hydrogens is 254 g/mol. The van der Waals surface area contributed by atoms with Gasteiger partial charge in [-0.1, -0.05) is 6.07 Å². The highest BCUT2D eigenvalue weighted by atomic mass is 32.2. The third-order valence-corrected chi connectivity index (χ3v) is 5.15. The molecule has 1 aliphatic heterocycles. The summed E-state index contributed by atoms with van der Waals surface area (Å²) in [7, 11) is -3.57. The first kappa shape index (κ1) is 13.3. The van der Waals surface area contributed by atoms with Crippen LogP contribution in [-0.2, 0) is 10.0 Å². The lowest BCUT2D eigenvalue weighted by atomic mass is 9.95. The molecule has 0 aromatic heterocycles. The number of aliphatic hydroxyl groups is 1. The molecule has 1 aliphatic rings. The highest BCUT2D eigenvalue weighted by molar-refractivity contribution is 7.89. The molecule has 0 aliphatic carbocycles. The SMILES string of the molecule is CC1(O)CCN(S(=O)(=O)c2cccc(O)c2)CC1. The van der Waals surface area contributed by atoms with Gasteiger partial charge in [0.2, 0.25) is 10.0 Å². The number of piperidine rings is 1. The predicted octanol–water partition coefficient (Wildman–Crippen LogP) is 0.928. The number of hydrogen-bond donors (Lipinski definition) is 2. The van der Waals surface area contributed by atoms with E-state index in [1.165, 1.54) is 28.6 Å². The van der Waals surface area contributed by atoms with Gasteiger partial charge in [0.05, 0.1) is 10.5 Å². The molecule has 1 fully saturated rings. The second-order valence-corrected chi connectivity index (χ2v) is 6.84. The summed E-state index contributed by atoms with van der Waals surface area (Å²) in [6, 6.07) is 5.63. The zero-order valence-corrected chi connectivity index (χ0v) is 11.0. The zero-order valence-electron chi connectivity index (χ0n) is 10.2. The maximum Gasteiger partial charge on any atom is 0.243 e. The number of benzene rings is 1. The second-order valence-electron chi connectivity index (χ2n) is 4.90. The largest absolute Gasteiger partial charge is 0.508 e. The number of rotatable bonds is 2. The lowest BCUT2D eigenvalue weighted by Crippen LogP contribution is -2.45. The maximum absolute atomic E-state index is 12.3. The Bertz CT molecular complexity index is 529. The highest BCUT2D eigenvalue weighted by Crippen LogP contribution is 2.27. The van der Waals surface area contributed by atoms with Crippen molar-refractivity contribution in [3.8, 4) is 5.75 Å². The van der Waals surface area contributed by atoms with Crippen molar-refractivity contribution in [1.29, 1.82) is 0 Å². The van der Waals surface area contributed by atoms with Crippen LogP contribution in [-0.4, -0.2) is 41.6 Å². The third-order valence-electron chi connectivity index (χ3n) is 3.25. The van der Waals surface area contributed by atoms with Crippen molar-refractivity contribution in [2.45, 2.75) is 30.3 Å². The van der Waals surface area contributed by atoms with Crippen molar-refractivity contribution < 1.29 is 18.6 Å². The van der Waals surface area contributed by atoms with Crippen LogP contribution in [0, 0.1) is 0 Å². The quantitative estimate of drug-likeness (QED) is 0.838. The van der Waals surface area contributed by atoms with Gasteiger partial charge in [0.1, 0.15) is 5.75 Å². The summed E-state index contributed by atoms with van der Waals surface area (Å²) in [4.78, 5) is 0.0871. The highest BCUT2D eigenvalue weighted by Gasteiger charge is 2.33. The molecule has 0 spiro atoms. The number of phenolic OH excluding ortho intramolecular Hbond substituents is 1. The van der Waals surface area contributed by atoms with Crippen molar-refractivity contribution in [2.24, 2.45) is 0 Å². The number of aromatic hydroxyl groups is 1. The van der Waals surface area contributed by atoms with E-state index < -0.39 is 15.6 Å². The van der Waals surface area contributed by atoms with Crippen LogP contribution in [0.1, 0.15) is 19.8 Å². The van der Waals surface area contributed by atoms with E-state index >= 15 is 0 Å². The minimum absolute atomic E-state index is 0.0694. The Morgan fingerprint density at radius 1 is 1.28 bits per heavy atom. The maximum atomic E-state index is 12.3. The Balaban J connectivity index is 2.23. The monoisotopic (exact) mass is 271 g/mol. The summed E-state index contributed by atoms with van der Waals surface area (Å²) in [5.74, 6) is -0.0694. The fraction of sp³-hybridized carbons (Fsp3) is 0.500. The topological polar surface area (TPSA) is 77.8 Å². The van der Waals surface area contributed by atoms with Crippen LogP contribution in [0.2, 0.25) is 0 Å². The normalized spacial score (nSPS) is 20.8. The van der Waals surface area contributed by atoms with Gasteiger partial charge in [0, 0.05) is 13.1 Å². The van der Waals surface area contributed by atoms with E-state index in [-0.39, 0.29) is 10.6 Å². The molecule has 1 saturated heterocycles. The first-order valence-corrected chi connectivity index (χ1v) is 7.27. The van der Waals surface area contributed by atoms with Crippen molar-refractivity contribution in [3.05, 3.63) is 24.3 Å². The van der Waals surface area contributed by atoms with Gasteiger partial charge in [-0.3, -0.25) is 0 Å². The molecule has 0 radical (unpaired) electrons. The molecule has 2 N–H and O–H groups in total. The minimum atomic E-state index is -3.57. The van der Waals surface area contributed by atoms with E-state index in [1.807, 2.05) is 0 Å². The van der Waals surface area contributed by atoms with Gasteiger partial charge in [-0.2, -0.15) is 4.31 Å². The van der Waals surface area contributed by atoms with E-state index in [9.17, 15) is 18.6 Å². The Kier molecular flexibility index (Phi) is 3.35. The molecule has 0 unspecified atom stereocenters. The van der Waals surface area contributed by atoms with Crippen LogP contribution in [0.5, 0.6) is 5.75 Å². The molecule has 5 nitrogen and oxygen atoms in total. The van der Waals surface area contributed by atoms with Crippen LogP contribution in [0.3, 0.4) is 0 Å². The van der Waals surface area contributed by atoms with Crippen LogP contribution >= 0.6 is 0 Å². The molecule has 2 rings (SSSR count). The minimum Gasteiger partial charge on any atom is -0.508 e. The molecule has 6 heteroatoms.